The molecular formula is C16H28N2O3. The highest BCUT2D eigenvalue weighted by Crippen LogP contribution is 2.20. The Kier molecular flexibility index (Phi) is 6.49. The van der Waals surface area contributed by atoms with Gasteiger partial charge < -0.3 is 15.3 Å². The van der Waals surface area contributed by atoms with Crippen LogP contribution < -0.4 is 5.32 Å². The number of carbonyl (C=O) groups excluding carboxylic acids is 2. The number of hydrogen-bond donors (Lipinski definition) is 2. The molecule has 2 N–H and O–H groups in total. The van der Waals surface area contributed by atoms with Crippen LogP contribution >= 0.6 is 0 Å². The first-order valence-electron chi connectivity index (χ1n) is 8.44. The number of nitrogens with zero attached hydrogens (tertiary/aromatic N) is 1. The second kappa shape index (κ2) is 8.37. The van der Waals surface area contributed by atoms with Gasteiger partial charge in [-0.3, -0.25) is 9.59 Å². The van der Waals surface area contributed by atoms with E-state index in [-0.39, 0.29) is 18.7 Å². The average molecular weight is 296 g/mol. The number of piperidine rings is 1. The van der Waals surface area contributed by atoms with Gasteiger partial charge in [-0.15, -0.1) is 0 Å². The molecular weight excluding hydrogens is 268 g/mol. The van der Waals surface area contributed by atoms with Crippen molar-refractivity contribution in [3.8, 4) is 0 Å². The number of aliphatic hydroxyl groups is 1. The van der Waals surface area contributed by atoms with Crippen molar-refractivity contribution >= 4 is 11.8 Å². The first-order chi connectivity index (χ1) is 10.2. The van der Waals surface area contributed by atoms with Gasteiger partial charge in [-0.1, -0.05) is 25.7 Å². The lowest BCUT2D eigenvalue weighted by Crippen LogP contribution is -2.52. The quantitative estimate of drug-likeness (QED) is 0.614. The zero-order valence-electron chi connectivity index (χ0n) is 12.9. The van der Waals surface area contributed by atoms with E-state index in [1.54, 1.807) is 4.90 Å². The first kappa shape index (κ1) is 16.3. The lowest BCUT2D eigenvalue weighted by atomic mass is 9.99. The molecule has 2 amide bonds. The number of carbonyl (C=O) groups is 2. The van der Waals surface area contributed by atoms with Gasteiger partial charge in [0.25, 0.3) is 0 Å². The van der Waals surface area contributed by atoms with Crippen LogP contribution in [0, 0.1) is 0 Å². The van der Waals surface area contributed by atoms with Crippen molar-refractivity contribution in [2.24, 2.45) is 0 Å². The third-order valence-corrected chi connectivity index (χ3v) is 4.73. The van der Waals surface area contributed by atoms with Crippen molar-refractivity contribution in [1.82, 2.24) is 10.2 Å². The van der Waals surface area contributed by atoms with Gasteiger partial charge in [-0.2, -0.15) is 0 Å². The van der Waals surface area contributed by atoms with Crippen LogP contribution in [0.4, 0.5) is 0 Å². The molecule has 5 nitrogen and oxygen atoms in total. The predicted octanol–water partition coefficient (Wildman–Crippen LogP) is 1.59. The number of amides is 2. The Hall–Kier alpha value is -1.10. The summed E-state index contributed by atoms with van der Waals surface area (Å²) in [6.07, 6.45) is 10.2. The van der Waals surface area contributed by atoms with E-state index < -0.39 is 11.8 Å². The molecule has 0 aromatic heterocycles. The Bertz CT molecular complexity index is 349. The van der Waals surface area contributed by atoms with Gasteiger partial charge in [0.1, 0.15) is 0 Å². The lowest BCUT2D eigenvalue weighted by molar-refractivity contribution is -0.149. The molecule has 1 aliphatic heterocycles. The maximum absolute atomic E-state index is 12.4. The monoisotopic (exact) mass is 296 g/mol. The third kappa shape index (κ3) is 4.70. The van der Waals surface area contributed by atoms with Gasteiger partial charge in [0, 0.05) is 25.2 Å². The molecule has 120 valence electrons. The fourth-order valence-electron chi connectivity index (χ4n) is 3.52. The largest absolute Gasteiger partial charge is 0.396 e. The van der Waals surface area contributed by atoms with E-state index in [2.05, 4.69) is 5.32 Å². The molecule has 1 unspecified atom stereocenters. The molecule has 0 bridgehead atoms. The van der Waals surface area contributed by atoms with Gasteiger partial charge in [-0.05, 0) is 38.5 Å². The predicted molar refractivity (Wildman–Crippen MR) is 80.7 cm³/mol. The highest BCUT2D eigenvalue weighted by atomic mass is 16.3. The zero-order chi connectivity index (χ0) is 15.1. The molecule has 1 saturated carbocycles. The number of nitrogens with one attached hydrogen (secondary N) is 1. The minimum atomic E-state index is -0.452. The summed E-state index contributed by atoms with van der Waals surface area (Å²) in [5, 5.41) is 12.0. The number of hydrogen-bond acceptors (Lipinski definition) is 3. The first-order valence-corrected chi connectivity index (χ1v) is 8.44. The Morgan fingerprint density at radius 3 is 2.33 bits per heavy atom. The van der Waals surface area contributed by atoms with Crippen molar-refractivity contribution < 1.29 is 14.7 Å². The normalized spacial score (nSPS) is 24.4. The number of aliphatic hydroxyl groups excluding tert-OH is 1. The highest BCUT2D eigenvalue weighted by Gasteiger charge is 2.31. The van der Waals surface area contributed by atoms with Gasteiger partial charge in [0.05, 0.1) is 0 Å². The summed E-state index contributed by atoms with van der Waals surface area (Å²) < 4.78 is 0. The SMILES string of the molecule is O=C(NC1CCCCCC1)C(=O)N1CCCCC1CCO. The third-order valence-electron chi connectivity index (χ3n) is 4.73. The maximum atomic E-state index is 12.4. The maximum Gasteiger partial charge on any atom is 0.312 e. The molecule has 0 radical (unpaired) electrons. The van der Waals surface area contributed by atoms with Crippen molar-refractivity contribution in [3.05, 3.63) is 0 Å². The van der Waals surface area contributed by atoms with Gasteiger partial charge in [0.15, 0.2) is 0 Å². The van der Waals surface area contributed by atoms with Gasteiger partial charge in [-0.25, -0.2) is 0 Å². The van der Waals surface area contributed by atoms with Gasteiger partial charge >= 0.3 is 11.8 Å². The standard InChI is InChI=1S/C16H28N2O3/c19-12-10-14-9-5-6-11-18(14)16(21)15(20)17-13-7-3-1-2-4-8-13/h13-14,19H,1-12H2,(H,17,20). The molecule has 0 aromatic carbocycles. The molecule has 21 heavy (non-hydrogen) atoms. The van der Waals surface area contributed by atoms with Crippen molar-refractivity contribution in [2.75, 3.05) is 13.2 Å². The van der Waals surface area contributed by atoms with E-state index in [9.17, 15) is 9.59 Å². The average Bonchev–Trinajstić information content (AvgIpc) is 2.76. The second-order valence-electron chi connectivity index (χ2n) is 6.32. The van der Waals surface area contributed by atoms with Crippen LogP contribution in [-0.2, 0) is 9.59 Å². The summed E-state index contributed by atoms with van der Waals surface area (Å²) in [6.45, 7) is 0.709. The molecule has 1 atom stereocenters. The van der Waals surface area contributed by atoms with Gasteiger partial charge in [0.2, 0.25) is 0 Å². The summed E-state index contributed by atoms with van der Waals surface area (Å²) in [7, 11) is 0. The Labute approximate surface area is 127 Å². The smallest absolute Gasteiger partial charge is 0.312 e. The van der Waals surface area contributed by atoms with E-state index in [0.29, 0.717) is 13.0 Å². The van der Waals surface area contributed by atoms with Crippen molar-refractivity contribution in [2.45, 2.75) is 76.3 Å². The van der Waals surface area contributed by atoms with E-state index in [1.165, 1.54) is 12.8 Å². The molecule has 0 aromatic rings. The lowest BCUT2D eigenvalue weighted by Gasteiger charge is -2.35. The summed E-state index contributed by atoms with van der Waals surface area (Å²) in [4.78, 5) is 26.3. The van der Waals surface area contributed by atoms with Crippen LogP contribution in [0.3, 0.4) is 0 Å². The summed E-state index contributed by atoms with van der Waals surface area (Å²) >= 11 is 0. The number of rotatable bonds is 3. The minimum absolute atomic E-state index is 0.0242. The molecule has 2 fully saturated rings. The zero-order valence-corrected chi connectivity index (χ0v) is 12.9. The molecule has 1 heterocycles. The van der Waals surface area contributed by atoms with Crippen LogP contribution in [0.1, 0.15) is 64.2 Å². The molecule has 1 saturated heterocycles. The second-order valence-corrected chi connectivity index (χ2v) is 6.32. The van der Waals surface area contributed by atoms with Crippen LogP contribution in [-0.4, -0.2) is 47.1 Å². The summed E-state index contributed by atoms with van der Waals surface area (Å²) in [5.74, 6) is -0.857. The number of likely N-dealkylation sites (tertiary alicyclic amines) is 1. The molecule has 0 spiro atoms. The van der Waals surface area contributed by atoms with Crippen LogP contribution in [0.5, 0.6) is 0 Å². The molecule has 1 aliphatic carbocycles. The van der Waals surface area contributed by atoms with E-state index >= 15 is 0 Å². The summed E-state index contributed by atoms with van der Waals surface area (Å²) in [5.41, 5.74) is 0. The van der Waals surface area contributed by atoms with E-state index in [0.717, 1.165) is 44.9 Å². The van der Waals surface area contributed by atoms with Crippen LogP contribution in [0.25, 0.3) is 0 Å². The molecule has 5 heteroatoms. The topological polar surface area (TPSA) is 69.6 Å². The summed E-state index contributed by atoms with van der Waals surface area (Å²) in [6, 6.07) is 0.182. The van der Waals surface area contributed by atoms with Crippen LogP contribution in [0.2, 0.25) is 0 Å². The Morgan fingerprint density at radius 1 is 1.00 bits per heavy atom. The van der Waals surface area contributed by atoms with Crippen LogP contribution in [0.15, 0.2) is 0 Å². The van der Waals surface area contributed by atoms with Crippen molar-refractivity contribution in [3.63, 3.8) is 0 Å². The van der Waals surface area contributed by atoms with Crippen molar-refractivity contribution in [1.29, 1.82) is 0 Å². The molecule has 2 aliphatic rings. The van der Waals surface area contributed by atoms with E-state index in [4.69, 9.17) is 5.11 Å². The fraction of sp³-hybridized carbons (Fsp3) is 0.875. The fourth-order valence-corrected chi connectivity index (χ4v) is 3.52. The Balaban J connectivity index is 1.89. The highest BCUT2D eigenvalue weighted by molar-refractivity contribution is 6.35. The van der Waals surface area contributed by atoms with E-state index in [1.807, 2.05) is 0 Å². The Morgan fingerprint density at radius 2 is 1.67 bits per heavy atom. The minimum Gasteiger partial charge on any atom is -0.396 e. The molecule has 2 rings (SSSR count).